The average Bonchev–Trinajstić information content (AvgIpc) is 2.99. The van der Waals surface area contributed by atoms with Crippen molar-refractivity contribution in [3.05, 3.63) is 108 Å². The van der Waals surface area contributed by atoms with Gasteiger partial charge >= 0.3 is 6.09 Å². The highest BCUT2D eigenvalue weighted by molar-refractivity contribution is 6.00. The van der Waals surface area contributed by atoms with Gasteiger partial charge in [-0.2, -0.15) is 0 Å². The Kier molecular flexibility index (Phi) is 9.92. The normalized spacial score (nSPS) is 12.4. The monoisotopic (exact) mass is 591 g/mol. The summed E-state index contributed by atoms with van der Waals surface area (Å²) in [4.78, 5) is 42.7. The molecule has 8 nitrogen and oxygen atoms in total. The van der Waals surface area contributed by atoms with Gasteiger partial charge < -0.3 is 25.4 Å². The van der Waals surface area contributed by atoms with E-state index >= 15 is 0 Å². The Morgan fingerprint density at radius 3 is 2.20 bits per heavy atom. The van der Waals surface area contributed by atoms with Crippen LogP contribution in [0.3, 0.4) is 0 Å². The van der Waals surface area contributed by atoms with Crippen LogP contribution in [0.15, 0.2) is 91.0 Å². The number of amides is 3. The van der Waals surface area contributed by atoms with Gasteiger partial charge in [0.15, 0.2) is 0 Å². The standard InChI is InChI=1S/C36H37N3O5/c1-6-24-12-16-27(17-13-24)32(33(41)37-29-19-18-26-10-8-9-11-28(26)23-29)39(7-2)34(42)31(38-35(43)44-36(3,4)5)22-25-14-20-30(40)21-15-25/h1,8-21,23,31-32,40H,7,22H2,2-5H3,(H,37,41)(H,38,43). The van der Waals surface area contributed by atoms with E-state index in [1.165, 1.54) is 17.0 Å². The molecule has 0 fully saturated rings. The van der Waals surface area contributed by atoms with Crippen molar-refractivity contribution in [3.8, 4) is 18.1 Å². The molecule has 0 bridgehead atoms. The van der Waals surface area contributed by atoms with E-state index in [4.69, 9.17) is 11.2 Å². The van der Waals surface area contributed by atoms with Crippen LogP contribution in [0.2, 0.25) is 0 Å². The second-order valence-corrected chi connectivity index (χ2v) is 11.4. The molecule has 0 aliphatic carbocycles. The lowest BCUT2D eigenvalue weighted by atomic mass is 9.99. The molecule has 44 heavy (non-hydrogen) atoms. The zero-order chi connectivity index (χ0) is 31.9. The van der Waals surface area contributed by atoms with Crippen LogP contribution in [0.4, 0.5) is 10.5 Å². The number of terminal acetylenes is 1. The van der Waals surface area contributed by atoms with Crippen LogP contribution in [0.5, 0.6) is 5.75 Å². The first-order valence-corrected chi connectivity index (χ1v) is 14.4. The maximum Gasteiger partial charge on any atom is 0.408 e. The third kappa shape index (κ3) is 8.17. The maximum absolute atomic E-state index is 14.3. The second-order valence-electron chi connectivity index (χ2n) is 11.4. The molecule has 0 heterocycles. The van der Waals surface area contributed by atoms with Gasteiger partial charge in [-0.3, -0.25) is 9.59 Å². The number of phenolic OH excluding ortho intramolecular Hbond substituents is 1. The Bertz CT molecular complexity index is 1670. The molecular weight excluding hydrogens is 554 g/mol. The Morgan fingerprint density at radius 1 is 0.932 bits per heavy atom. The number of alkyl carbamates (subject to hydrolysis) is 1. The smallest absolute Gasteiger partial charge is 0.408 e. The van der Waals surface area contributed by atoms with Crippen molar-refractivity contribution < 1.29 is 24.2 Å². The van der Waals surface area contributed by atoms with Gasteiger partial charge in [-0.15, -0.1) is 6.42 Å². The van der Waals surface area contributed by atoms with Crippen LogP contribution in [-0.2, 0) is 20.7 Å². The van der Waals surface area contributed by atoms with Crippen LogP contribution < -0.4 is 10.6 Å². The zero-order valence-electron chi connectivity index (χ0n) is 25.3. The van der Waals surface area contributed by atoms with Gasteiger partial charge in [0.05, 0.1) is 0 Å². The number of aromatic hydroxyl groups is 1. The van der Waals surface area contributed by atoms with E-state index in [0.29, 0.717) is 22.4 Å². The van der Waals surface area contributed by atoms with Gasteiger partial charge in [-0.1, -0.05) is 60.5 Å². The van der Waals surface area contributed by atoms with Crippen LogP contribution in [0.1, 0.15) is 50.4 Å². The number of benzene rings is 4. The molecule has 8 heteroatoms. The van der Waals surface area contributed by atoms with Gasteiger partial charge in [0.25, 0.3) is 5.91 Å². The Balaban J connectivity index is 1.71. The number of rotatable bonds is 9. The third-order valence-electron chi connectivity index (χ3n) is 6.96. The fourth-order valence-electron chi connectivity index (χ4n) is 4.90. The molecule has 4 aromatic carbocycles. The number of phenols is 1. The number of fused-ring (bicyclic) bond motifs is 1. The Hall–Kier alpha value is -5.29. The number of carbonyl (C=O) groups is 3. The highest BCUT2D eigenvalue weighted by Gasteiger charge is 2.35. The zero-order valence-corrected chi connectivity index (χ0v) is 25.3. The van der Waals surface area contributed by atoms with Crippen molar-refractivity contribution in [2.75, 3.05) is 11.9 Å². The molecule has 4 aromatic rings. The topological polar surface area (TPSA) is 108 Å². The van der Waals surface area contributed by atoms with Crippen molar-refractivity contribution in [1.29, 1.82) is 0 Å². The fourth-order valence-corrected chi connectivity index (χ4v) is 4.90. The molecule has 2 unspecified atom stereocenters. The molecule has 4 rings (SSSR count). The molecule has 0 saturated heterocycles. The summed E-state index contributed by atoms with van der Waals surface area (Å²) in [6.07, 6.45) is 4.91. The molecule has 2 atom stereocenters. The van der Waals surface area contributed by atoms with Crippen LogP contribution in [-0.4, -0.2) is 46.1 Å². The van der Waals surface area contributed by atoms with Gasteiger partial charge in [0.1, 0.15) is 23.4 Å². The summed E-state index contributed by atoms with van der Waals surface area (Å²) in [6, 6.07) is 24.6. The van der Waals surface area contributed by atoms with E-state index in [-0.39, 0.29) is 18.7 Å². The predicted octanol–water partition coefficient (Wildman–Crippen LogP) is 6.19. The summed E-state index contributed by atoms with van der Waals surface area (Å²) < 4.78 is 5.46. The summed E-state index contributed by atoms with van der Waals surface area (Å²) >= 11 is 0. The summed E-state index contributed by atoms with van der Waals surface area (Å²) in [5.74, 6) is 1.74. The van der Waals surface area contributed by atoms with E-state index in [1.807, 2.05) is 42.5 Å². The molecule has 0 spiro atoms. The molecule has 226 valence electrons. The van der Waals surface area contributed by atoms with Crippen molar-refractivity contribution in [2.45, 2.75) is 51.8 Å². The van der Waals surface area contributed by atoms with Crippen molar-refractivity contribution in [3.63, 3.8) is 0 Å². The minimum absolute atomic E-state index is 0.0766. The Morgan fingerprint density at radius 2 is 1.59 bits per heavy atom. The fraction of sp³-hybridized carbons (Fsp3) is 0.250. The van der Waals surface area contributed by atoms with Gasteiger partial charge in [0.2, 0.25) is 5.91 Å². The lowest BCUT2D eigenvalue weighted by Gasteiger charge is -2.34. The van der Waals surface area contributed by atoms with E-state index in [1.54, 1.807) is 64.1 Å². The van der Waals surface area contributed by atoms with Crippen molar-refractivity contribution >= 4 is 34.4 Å². The number of carbonyl (C=O) groups excluding carboxylic acids is 3. The lowest BCUT2D eigenvalue weighted by molar-refractivity contribution is -0.140. The minimum Gasteiger partial charge on any atom is -0.508 e. The first kappa shape index (κ1) is 31.6. The highest BCUT2D eigenvalue weighted by Crippen LogP contribution is 2.27. The van der Waals surface area contributed by atoms with Crippen molar-refractivity contribution in [1.82, 2.24) is 10.2 Å². The summed E-state index contributed by atoms with van der Waals surface area (Å²) in [5.41, 5.74) is 1.67. The minimum atomic E-state index is -1.07. The maximum atomic E-state index is 14.3. The molecule has 0 aliphatic rings. The SMILES string of the molecule is C#Cc1ccc(C(C(=O)Nc2ccc3ccccc3c2)N(CC)C(=O)C(Cc2ccc(O)cc2)NC(=O)OC(C)(C)C)cc1. The quantitative estimate of drug-likeness (QED) is 0.201. The third-order valence-corrected chi connectivity index (χ3v) is 6.96. The van der Waals surface area contributed by atoms with Gasteiger partial charge in [-0.25, -0.2) is 4.79 Å². The van der Waals surface area contributed by atoms with E-state index in [9.17, 15) is 19.5 Å². The number of ether oxygens (including phenoxy) is 1. The summed E-state index contributed by atoms with van der Waals surface area (Å²) in [7, 11) is 0. The van der Waals surface area contributed by atoms with Crippen molar-refractivity contribution in [2.24, 2.45) is 0 Å². The van der Waals surface area contributed by atoms with E-state index in [0.717, 1.165) is 10.8 Å². The number of nitrogens with one attached hydrogen (secondary N) is 2. The number of anilines is 1. The van der Waals surface area contributed by atoms with Crippen LogP contribution >= 0.6 is 0 Å². The van der Waals surface area contributed by atoms with Gasteiger partial charge in [-0.05, 0) is 86.0 Å². The highest BCUT2D eigenvalue weighted by atomic mass is 16.6. The Labute approximate surface area is 258 Å². The number of hydrogen-bond acceptors (Lipinski definition) is 5. The molecule has 0 aliphatic heterocycles. The largest absolute Gasteiger partial charge is 0.508 e. The number of hydrogen-bond donors (Lipinski definition) is 3. The molecule has 3 amide bonds. The average molecular weight is 592 g/mol. The first-order valence-electron chi connectivity index (χ1n) is 14.4. The lowest BCUT2D eigenvalue weighted by Crippen LogP contribution is -2.53. The van der Waals surface area contributed by atoms with Gasteiger partial charge in [0, 0.05) is 24.2 Å². The molecule has 0 saturated carbocycles. The predicted molar refractivity (Wildman–Crippen MR) is 172 cm³/mol. The molecule has 3 N–H and O–H groups in total. The van der Waals surface area contributed by atoms with E-state index < -0.39 is 35.6 Å². The summed E-state index contributed by atoms with van der Waals surface area (Å²) in [6.45, 7) is 7.13. The first-order chi connectivity index (χ1) is 21.0. The number of likely N-dealkylation sites (N-methyl/N-ethyl adjacent to an activating group) is 1. The van der Waals surface area contributed by atoms with Crippen LogP contribution in [0.25, 0.3) is 10.8 Å². The second kappa shape index (κ2) is 13.8. The molecule has 0 aromatic heterocycles. The molecule has 0 radical (unpaired) electrons. The van der Waals surface area contributed by atoms with Crippen LogP contribution in [0, 0.1) is 12.3 Å². The molecular formula is C36H37N3O5. The summed E-state index contributed by atoms with van der Waals surface area (Å²) in [5, 5.41) is 17.4. The van der Waals surface area contributed by atoms with E-state index in [2.05, 4.69) is 16.6 Å². The number of nitrogens with zero attached hydrogens (tertiary/aromatic N) is 1.